The smallest absolute Gasteiger partial charge is 0.268 e. The fourth-order valence-corrected chi connectivity index (χ4v) is 3.95. The van der Waals surface area contributed by atoms with Crippen LogP contribution in [0.25, 0.3) is 10.2 Å². The van der Waals surface area contributed by atoms with Crippen LogP contribution in [0.2, 0.25) is 0 Å². The molecule has 5 heteroatoms. The maximum atomic E-state index is 13.3. The van der Waals surface area contributed by atoms with Gasteiger partial charge in [-0.15, -0.1) is 11.3 Å². The lowest BCUT2D eigenvalue weighted by molar-refractivity contribution is 0.0942. The molecule has 2 heterocycles. The number of carbonyl (C=O) groups excluding carboxylic acids is 1. The van der Waals surface area contributed by atoms with E-state index in [9.17, 15) is 9.18 Å². The van der Waals surface area contributed by atoms with Crippen molar-refractivity contribution in [3.05, 3.63) is 94.2 Å². The van der Waals surface area contributed by atoms with E-state index >= 15 is 0 Å². The second-order valence-corrected chi connectivity index (χ2v) is 7.53. The molecule has 0 spiro atoms. The van der Waals surface area contributed by atoms with E-state index in [0.29, 0.717) is 18.8 Å². The number of hydrogen-bond donors (Lipinski definition) is 1. The van der Waals surface area contributed by atoms with Crippen LogP contribution in [0.5, 0.6) is 0 Å². The quantitative estimate of drug-likeness (QED) is 0.513. The number of halogens is 1. The summed E-state index contributed by atoms with van der Waals surface area (Å²) in [6.07, 6.45) is 0. The fourth-order valence-electron chi connectivity index (χ4n) is 3.13. The van der Waals surface area contributed by atoms with Gasteiger partial charge in [0, 0.05) is 13.1 Å². The highest BCUT2D eigenvalue weighted by Crippen LogP contribution is 2.26. The summed E-state index contributed by atoms with van der Waals surface area (Å²) in [5.74, 6) is -0.459. The molecule has 0 atom stereocenters. The van der Waals surface area contributed by atoms with Crippen LogP contribution in [0.4, 0.5) is 4.39 Å². The summed E-state index contributed by atoms with van der Waals surface area (Å²) in [6, 6.07) is 18.6. The molecule has 0 saturated heterocycles. The molecule has 27 heavy (non-hydrogen) atoms. The second kappa shape index (κ2) is 7.37. The largest absolute Gasteiger partial charge is 0.347 e. The van der Waals surface area contributed by atoms with Gasteiger partial charge in [-0.05, 0) is 47.7 Å². The Morgan fingerprint density at radius 2 is 1.89 bits per heavy atom. The summed E-state index contributed by atoms with van der Waals surface area (Å²) in [7, 11) is 0. The number of benzene rings is 2. The predicted octanol–water partition coefficient (Wildman–Crippen LogP) is 5.13. The third-order valence-electron chi connectivity index (χ3n) is 4.56. The molecule has 0 radical (unpaired) electrons. The van der Waals surface area contributed by atoms with Crippen molar-refractivity contribution in [3.63, 3.8) is 0 Å². The molecule has 0 fully saturated rings. The fraction of sp³-hybridized carbons (Fsp3) is 0.136. The first kappa shape index (κ1) is 17.5. The van der Waals surface area contributed by atoms with Crippen molar-refractivity contribution in [2.24, 2.45) is 0 Å². The minimum absolute atomic E-state index is 0.158. The van der Waals surface area contributed by atoms with E-state index in [4.69, 9.17) is 0 Å². The van der Waals surface area contributed by atoms with E-state index in [1.807, 2.05) is 22.1 Å². The van der Waals surface area contributed by atoms with Gasteiger partial charge in [0.25, 0.3) is 5.91 Å². The number of aryl methyl sites for hydroxylation is 1. The van der Waals surface area contributed by atoms with Crippen LogP contribution in [0, 0.1) is 12.7 Å². The number of amides is 1. The van der Waals surface area contributed by atoms with Crippen molar-refractivity contribution in [1.82, 2.24) is 9.88 Å². The monoisotopic (exact) mass is 378 g/mol. The number of aromatic nitrogens is 1. The number of hydrogen-bond acceptors (Lipinski definition) is 2. The summed E-state index contributed by atoms with van der Waals surface area (Å²) in [4.78, 5) is 12.8. The summed E-state index contributed by atoms with van der Waals surface area (Å²) in [5, 5.41) is 4.94. The molecule has 4 rings (SSSR count). The normalized spacial score (nSPS) is 11.0. The molecule has 136 valence electrons. The standard InChI is InChI=1S/C22H19FN2OS/c1-15-5-7-16(8-6-15)14-25-19-9-10-27-21(19)12-20(25)22(26)24-13-17-3-2-4-18(23)11-17/h2-12H,13-14H2,1H3,(H,24,26). The van der Waals surface area contributed by atoms with Gasteiger partial charge in [-0.3, -0.25) is 4.79 Å². The van der Waals surface area contributed by atoms with Crippen LogP contribution >= 0.6 is 11.3 Å². The van der Waals surface area contributed by atoms with Gasteiger partial charge < -0.3 is 9.88 Å². The zero-order chi connectivity index (χ0) is 18.8. The van der Waals surface area contributed by atoms with Gasteiger partial charge in [-0.1, -0.05) is 42.0 Å². The third-order valence-corrected chi connectivity index (χ3v) is 5.41. The van der Waals surface area contributed by atoms with Crippen molar-refractivity contribution >= 4 is 27.5 Å². The average molecular weight is 378 g/mol. The number of thiophene rings is 1. The van der Waals surface area contributed by atoms with E-state index < -0.39 is 0 Å². The molecule has 0 unspecified atom stereocenters. The summed E-state index contributed by atoms with van der Waals surface area (Å²) in [6.45, 7) is 2.98. The van der Waals surface area contributed by atoms with E-state index in [-0.39, 0.29) is 11.7 Å². The Morgan fingerprint density at radius 1 is 1.07 bits per heavy atom. The molecule has 2 aromatic carbocycles. The molecule has 0 bridgehead atoms. The van der Waals surface area contributed by atoms with Gasteiger partial charge in [0.05, 0.1) is 10.2 Å². The molecule has 2 aromatic heterocycles. The van der Waals surface area contributed by atoms with Crippen molar-refractivity contribution in [3.8, 4) is 0 Å². The van der Waals surface area contributed by atoms with Gasteiger partial charge >= 0.3 is 0 Å². The Balaban J connectivity index is 1.59. The Morgan fingerprint density at radius 3 is 2.67 bits per heavy atom. The Bertz CT molecular complexity index is 1100. The van der Waals surface area contributed by atoms with Crippen LogP contribution in [-0.4, -0.2) is 10.5 Å². The van der Waals surface area contributed by atoms with Crippen LogP contribution in [0.15, 0.2) is 66.0 Å². The number of nitrogens with zero attached hydrogens (tertiary/aromatic N) is 1. The van der Waals surface area contributed by atoms with E-state index in [2.05, 4.69) is 36.5 Å². The molecule has 1 amide bonds. The Kier molecular flexibility index (Phi) is 4.77. The predicted molar refractivity (Wildman–Crippen MR) is 108 cm³/mol. The summed E-state index contributed by atoms with van der Waals surface area (Å²) >= 11 is 1.62. The van der Waals surface area contributed by atoms with E-state index in [0.717, 1.165) is 21.3 Å². The molecule has 1 N–H and O–H groups in total. The van der Waals surface area contributed by atoms with Crippen molar-refractivity contribution < 1.29 is 9.18 Å². The molecular formula is C22H19FN2OS. The van der Waals surface area contributed by atoms with Gasteiger partial charge in [-0.25, -0.2) is 4.39 Å². The Hall–Kier alpha value is -2.92. The second-order valence-electron chi connectivity index (χ2n) is 6.58. The number of nitrogens with one attached hydrogen (secondary N) is 1. The highest BCUT2D eigenvalue weighted by molar-refractivity contribution is 7.17. The molecule has 0 aliphatic carbocycles. The first-order chi connectivity index (χ1) is 13.1. The first-order valence-electron chi connectivity index (χ1n) is 8.75. The zero-order valence-corrected chi connectivity index (χ0v) is 15.7. The van der Waals surface area contributed by atoms with Crippen molar-refractivity contribution in [2.75, 3.05) is 0 Å². The first-order valence-corrected chi connectivity index (χ1v) is 9.63. The molecule has 4 aromatic rings. The minimum atomic E-state index is -0.301. The average Bonchev–Trinajstić information content (AvgIpc) is 3.24. The van der Waals surface area contributed by atoms with Crippen LogP contribution < -0.4 is 5.32 Å². The lowest BCUT2D eigenvalue weighted by Crippen LogP contribution is -2.25. The summed E-state index contributed by atoms with van der Waals surface area (Å²) < 4.78 is 16.5. The highest BCUT2D eigenvalue weighted by Gasteiger charge is 2.16. The van der Waals surface area contributed by atoms with E-state index in [1.165, 1.54) is 17.7 Å². The number of carbonyl (C=O) groups is 1. The van der Waals surface area contributed by atoms with Gasteiger partial charge in [0.2, 0.25) is 0 Å². The van der Waals surface area contributed by atoms with Gasteiger partial charge in [0.15, 0.2) is 0 Å². The van der Waals surface area contributed by atoms with Crippen molar-refractivity contribution in [1.29, 1.82) is 0 Å². The highest BCUT2D eigenvalue weighted by atomic mass is 32.1. The van der Waals surface area contributed by atoms with Gasteiger partial charge in [0.1, 0.15) is 11.5 Å². The molecule has 0 saturated carbocycles. The third kappa shape index (κ3) is 3.78. The maximum absolute atomic E-state index is 13.3. The molecule has 3 nitrogen and oxygen atoms in total. The summed E-state index contributed by atoms with van der Waals surface area (Å²) in [5.41, 5.74) is 4.76. The van der Waals surface area contributed by atoms with Crippen LogP contribution in [0.1, 0.15) is 27.2 Å². The maximum Gasteiger partial charge on any atom is 0.268 e. The topological polar surface area (TPSA) is 34.0 Å². The van der Waals surface area contributed by atoms with Crippen molar-refractivity contribution in [2.45, 2.75) is 20.0 Å². The van der Waals surface area contributed by atoms with E-state index in [1.54, 1.807) is 23.5 Å². The Labute approximate surface area is 161 Å². The lowest BCUT2D eigenvalue weighted by Gasteiger charge is -2.11. The van der Waals surface area contributed by atoms with Crippen LogP contribution in [-0.2, 0) is 13.1 Å². The molecule has 0 aliphatic rings. The molecule has 0 aliphatic heterocycles. The zero-order valence-electron chi connectivity index (χ0n) is 14.9. The minimum Gasteiger partial charge on any atom is -0.347 e. The van der Waals surface area contributed by atoms with Gasteiger partial charge in [-0.2, -0.15) is 0 Å². The van der Waals surface area contributed by atoms with Crippen LogP contribution in [0.3, 0.4) is 0 Å². The number of fused-ring (bicyclic) bond motifs is 1. The SMILES string of the molecule is Cc1ccc(Cn2c(C(=O)NCc3cccc(F)c3)cc3sccc32)cc1. The lowest BCUT2D eigenvalue weighted by atomic mass is 10.1. The molecular weight excluding hydrogens is 359 g/mol. The number of rotatable bonds is 5.